The Morgan fingerprint density at radius 2 is 1.80 bits per heavy atom. The number of amides is 1. The topological polar surface area (TPSA) is 42.0 Å². The van der Waals surface area contributed by atoms with E-state index in [4.69, 9.17) is 0 Å². The van der Waals surface area contributed by atoms with Gasteiger partial charge in [-0.15, -0.1) is 0 Å². The molecule has 1 unspecified atom stereocenters. The minimum atomic E-state index is 0.0701. The van der Waals surface area contributed by atoms with Crippen molar-refractivity contribution >= 4 is 28.6 Å². The quantitative estimate of drug-likeness (QED) is 0.662. The van der Waals surface area contributed by atoms with Crippen LogP contribution in [0.25, 0.3) is 10.9 Å². The molecule has 4 rings (SSSR count). The molecule has 126 valence electrons. The van der Waals surface area contributed by atoms with Crippen LogP contribution in [-0.4, -0.2) is 16.6 Å². The van der Waals surface area contributed by atoms with E-state index in [0.717, 1.165) is 15.9 Å². The van der Waals surface area contributed by atoms with E-state index in [1.165, 1.54) is 30.2 Å². The zero-order valence-electron chi connectivity index (χ0n) is 13.9. The lowest BCUT2D eigenvalue weighted by Gasteiger charge is -2.18. The Bertz CT molecular complexity index is 877. The largest absolute Gasteiger partial charge is 0.348 e. The van der Waals surface area contributed by atoms with E-state index in [1.807, 2.05) is 48.5 Å². The molecule has 1 fully saturated rings. The number of para-hydroxylation sites is 1. The van der Waals surface area contributed by atoms with Crippen LogP contribution in [0.2, 0.25) is 0 Å². The lowest BCUT2D eigenvalue weighted by molar-refractivity contribution is -0.119. The summed E-state index contributed by atoms with van der Waals surface area (Å²) < 4.78 is 0. The van der Waals surface area contributed by atoms with Crippen molar-refractivity contribution < 1.29 is 4.79 Å². The number of nitrogens with zero attached hydrogens (tertiary/aromatic N) is 1. The van der Waals surface area contributed by atoms with Crippen LogP contribution in [0.4, 0.5) is 0 Å². The Hall–Kier alpha value is -2.33. The molecule has 0 spiro atoms. The van der Waals surface area contributed by atoms with Crippen LogP contribution >= 0.6 is 11.8 Å². The highest BCUT2D eigenvalue weighted by Crippen LogP contribution is 2.41. The lowest BCUT2D eigenvalue weighted by Crippen LogP contribution is -2.31. The summed E-state index contributed by atoms with van der Waals surface area (Å²) in [6, 6.07) is 22.5. The van der Waals surface area contributed by atoms with Crippen molar-refractivity contribution in [2.75, 3.05) is 5.75 Å². The zero-order valence-corrected chi connectivity index (χ0v) is 14.7. The molecule has 1 N–H and O–H groups in total. The number of hydrogen-bond acceptors (Lipinski definition) is 3. The predicted molar refractivity (Wildman–Crippen MR) is 103 cm³/mol. The van der Waals surface area contributed by atoms with E-state index >= 15 is 0 Å². The molecule has 0 radical (unpaired) electrons. The van der Waals surface area contributed by atoms with Gasteiger partial charge in [0.15, 0.2) is 0 Å². The van der Waals surface area contributed by atoms with E-state index in [0.29, 0.717) is 11.7 Å². The summed E-state index contributed by atoms with van der Waals surface area (Å²) >= 11 is 1.49. The highest BCUT2D eigenvalue weighted by molar-refractivity contribution is 7.99. The fraction of sp³-hybridized carbons (Fsp3) is 0.238. The van der Waals surface area contributed by atoms with Gasteiger partial charge in [0.05, 0.1) is 22.3 Å². The van der Waals surface area contributed by atoms with Gasteiger partial charge < -0.3 is 5.32 Å². The van der Waals surface area contributed by atoms with E-state index in [-0.39, 0.29) is 11.9 Å². The molecule has 3 nitrogen and oxygen atoms in total. The molecule has 2 aromatic carbocycles. The highest BCUT2D eigenvalue weighted by Gasteiger charge is 2.33. The number of hydrogen-bond donors (Lipinski definition) is 1. The van der Waals surface area contributed by atoms with Crippen LogP contribution in [0, 0.1) is 5.92 Å². The second-order valence-electron chi connectivity index (χ2n) is 6.42. The highest BCUT2D eigenvalue weighted by atomic mass is 32.2. The fourth-order valence-corrected chi connectivity index (χ4v) is 3.74. The first kappa shape index (κ1) is 16.2. The van der Waals surface area contributed by atoms with Gasteiger partial charge in [-0.2, -0.15) is 0 Å². The second kappa shape index (κ2) is 7.28. The number of carbonyl (C=O) groups is 1. The average Bonchev–Trinajstić information content (AvgIpc) is 3.50. The summed E-state index contributed by atoms with van der Waals surface area (Å²) in [6.07, 6.45) is 2.39. The standard InChI is InChI=1S/C21H20N2OS/c24-19(23-21(17-10-11-17)16-7-2-1-3-8-16)14-25-20-13-12-15-6-4-5-9-18(15)22-20/h1-9,12-13,17,21H,10-11,14H2,(H,23,24). The van der Waals surface area contributed by atoms with E-state index < -0.39 is 0 Å². The molecule has 0 bridgehead atoms. The molecule has 4 heteroatoms. The number of fused-ring (bicyclic) bond motifs is 1. The number of rotatable bonds is 6. The molecular weight excluding hydrogens is 328 g/mol. The third-order valence-electron chi connectivity index (χ3n) is 4.49. The number of aromatic nitrogens is 1. The summed E-state index contributed by atoms with van der Waals surface area (Å²) in [5.74, 6) is 1.04. The average molecular weight is 348 g/mol. The molecule has 0 saturated heterocycles. The molecule has 1 aromatic heterocycles. The van der Waals surface area contributed by atoms with Crippen LogP contribution in [0.5, 0.6) is 0 Å². The van der Waals surface area contributed by atoms with Crippen LogP contribution < -0.4 is 5.32 Å². The van der Waals surface area contributed by atoms with Crippen molar-refractivity contribution in [3.05, 3.63) is 72.3 Å². The monoisotopic (exact) mass is 348 g/mol. The molecule has 1 amide bonds. The molecule has 1 aliphatic carbocycles. The fourth-order valence-electron chi connectivity index (χ4n) is 3.05. The van der Waals surface area contributed by atoms with Gasteiger partial charge in [0.25, 0.3) is 0 Å². The van der Waals surface area contributed by atoms with Crippen molar-refractivity contribution in [2.45, 2.75) is 23.9 Å². The summed E-state index contributed by atoms with van der Waals surface area (Å²) in [5.41, 5.74) is 2.17. The Morgan fingerprint density at radius 3 is 2.60 bits per heavy atom. The van der Waals surface area contributed by atoms with E-state index in [9.17, 15) is 4.79 Å². The van der Waals surface area contributed by atoms with Crippen molar-refractivity contribution in [1.29, 1.82) is 0 Å². The van der Waals surface area contributed by atoms with Gasteiger partial charge in [-0.3, -0.25) is 4.79 Å². The van der Waals surface area contributed by atoms with E-state index in [1.54, 1.807) is 0 Å². The van der Waals surface area contributed by atoms with Gasteiger partial charge in [-0.1, -0.05) is 66.4 Å². The molecule has 25 heavy (non-hydrogen) atoms. The van der Waals surface area contributed by atoms with Crippen molar-refractivity contribution in [2.24, 2.45) is 5.92 Å². The Morgan fingerprint density at radius 1 is 1.04 bits per heavy atom. The van der Waals surface area contributed by atoms with Gasteiger partial charge in [0.1, 0.15) is 0 Å². The first-order valence-corrected chi connectivity index (χ1v) is 9.61. The normalized spacial score (nSPS) is 15.0. The molecule has 3 aromatic rings. The molecular formula is C21H20N2OS. The number of carbonyl (C=O) groups excluding carboxylic acids is 1. The van der Waals surface area contributed by atoms with Crippen LogP contribution in [0.3, 0.4) is 0 Å². The predicted octanol–water partition coefficient (Wildman–Crippen LogP) is 4.59. The van der Waals surface area contributed by atoms with Crippen LogP contribution in [0.1, 0.15) is 24.4 Å². The first-order valence-electron chi connectivity index (χ1n) is 8.62. The van der Waals surface area contributed by atoms with Crippen molar-refractivity contribution in [1.82, 2.24) is 10.3 Å². The van der Waals surface area contributed by atoms with E-state index in [2.05, 4.69) is 28.5 Å². The maximum absolute atomic E-state index is 12.4. The minimum Gasteiger partial charge on any atom is -0.348 e. The zero-order chi connectivity index (χ0) is 17.1. The maximum atomic E-state index is 12.4. The lowest BCUT2D eigenvalue weighted by atomic mass is 10.0. The summed E-state index contributed by atoms with van der Waals surface area (Å²) in [5, 5.41) is 5.22. The van der Waals surface area contributed by atoms with Crippen LogP contribution in [-0.2, 0) is 4.79 Å². The maximum Gasteiger partial charge on any atom is 0.230 e. The van der Waals surface area contributed by atoms with Gasteiger partial charge in [0, 0.05) is 5.39 Å². The number of nitrogens with one attached hydrogen (secondary N) is 1. The third-order valence-corrected chi connectivity index (χ3v) is 5.42. The minimum absolute atomic E-state index is 0.0701. The molecule has 1 heterocycles. The van der Waals surface area contributed by atoms with Gasteiger partial charge in [-0.05, 0) is 36.5 Å². The number of pyridine rings is 1. The number of benzene rings is 2. The number of thioether (sulfide) groups is 1. The smallest absolute Gasteiger partial charge is 0.230 e. The first-order chi connectivity index (χ1) is 12.3. The molecule has 1 atom stereocenters. The van der Waals surface area contributed by atoms with Crippen molar-refractivity contribution in [3.8, 4) is 0 Å². The molecule has 1 aliphatic rings. The molecule has 1 saturated carbocycles. The SMILES string of the molecule is O=C(CSc1ccc2ccccc2n1)NC(c1ccccc1)C1CC1. The second-order valence-corrected chi connectivity index (χ2v) is 7.42. The van der Waals surface area contributed by atoms with Gasteiger partial charge >= 0.3 is 0 Å². The Balaban J connectivity index is 1.39. The third kappa shape index (κ3) is 4.02. The summed E-state index contributed by atoms with van der Waals surface area (Å²) in [4.78, 5) is 17.1. The van der Waals surface area contributed by atoms with Gasteiger partial charge in [-0.25, -0.2) is 4.98 Å². The molecule has 0 aliphatic heterocycles. The Kier molecular flexibility index (Phi) is 4.70. The van der Waals surface area contributed by atoms with Crippen LogP contribution in [0.15, 0.2) is 71.8 Å². The Labute approximate surface area is 151 Å². The summed E-state index contributed by atoms with van der Waals surface area (Å²) in [6.45, 7) is 0. The van der Waals surface area contributed by atoms with Crippen molar-refractivity contribution in [3.63, 3.8) is 0 Å². The van der Waals surface area contributed by atoms with Gasteiger partial charge in [0.2, 0.25) is 5.91 Å². The summed E-state index contributed by atoms with van der Waals surface area (Å²) in [7, 11) is 0.